The Hall–Kier alpha value is -3.61. The maximum absolute atomic E-state index is 12.5. The van der Waals surface area contributed by atoms with Crippen LogP contribution in [0.15, 0.2) is 48.5 Å². The van der Waals surface area contributed by atoms with E-state index in [2.05, 4.69) is 15.7 Å². The Kier molecular flexibility index (Phi) is 5.27. The van der Waals surface area contributed by atoms with Crippen LogP contribution in [0.25, 0.3) is 11.3 Å². The molecule has 2 amide bonds. The predicted octanol–water partition coefficient (Wildman–Crippen LogP) is 4.27. The average Bonchev–Trinajstić information content (AvgIpc) is 3.48. The van der Waals surface area contributed by atoms with Crippen LogP contribution in [0.3, 0.4) is 0 Å². The molecular formula is C23H24N4O3. The van der Waals surface area contributed by atoms with E-state index in [-0.39, 0.29) is 17.7 Å². The minimum absolute atomic E-state index is 0.0335. The Morgan fingerprint density at radius 3 is 2.53 bits per heavy atom. The third-order valence-corrected chi connectivity index (χ3v) is 5.10. The van der Waals surface area contributed by atoms with Gasteiger partial charge in [0.1, 0.15) is 5.75 Å². The molecule has 1 saturated carbocycles. The first-order valence-electron chi connectivity index (χ1n) is 10.1. The molecule has 1 fully saturated rings. The molecule has 30 heavy (non-hydrogen) atoms. The number of rotatable bonds is 5. The average molecular weight is 404 g/mol. The van der Waals surface area contributed by atoms with Crippen molar-refractivity contribution in [1.29, 1.82) is 0 Å². The van der Waals surface area contributed by atoms with Crippen LogP contribution in [0.4, 0.5) is 10.5 Å². The van der Waals surface area contributed by atoms with Gasteiger partial charge >= 0.3 is 6.03 Å². The lowest BCUT2D eigenvalue weighted by molar-refractivity contribution is 0.102. The van der Waals surface area contributed by atoms with Gasteiger partial charge < -0.3 is 15.7 Å². The molecule has 7 heteroatoms. The molecule has 4 rings (SSSR count). The molecule has 2 aromatic carbocycles. The van der Waals surface area contributed by atoms with Crippen molar-refractivity contribution in [3.63, 3.8) is 0 Å². The summed E-state index contributed by atoms with van der Waals surface area (Å²) in [5.41, 5.74) is 3.95. The summed E-state index contributed by atoms with van der Waals surface area (Å²) in [6, 6.07) is 13.7. The Labute approximate surface area is 174 Å². The molecule has 3 aromatic rings. The van der Waals surface area contributed by atoms with E-state index in [0.29, 0.717) is 35.0 Å². The van der Waals surface area contributed by atoms with Crippen LogP contribution in [-0.2, 0) is 0 Å². The van der Waals surface area contributed by atoms with Gasteiger partial charge in [0, 0.05) is 29.3 Å². The molecule has 0 atom stereocenters. The van der Waals surface area contributed by atoms with Crippen LogP contribution in [0.5, 0.6) is 5.75 Å². The summed E-state index contributed by atoms with van der Waals surface area (Å²) in [6.45, 7) is 4.32. The van der Waals surface area contributed by atoms with E-state index in [0.717, 1.165) is 24.1 Å². The smallest absolute Gasteiger partial charge is 0.342 e. The third kappa shape index (κ3) is 4.05. The number of phenols is 1. The minimum Gasteiger partial charge on any atom is -0.507 e. The van der Waals surface area contributed by atoms with Crippen molar-refractivity contribution >= 4 is 17.6 Å². The number of aryl methyl sites for hydroxylation is 1. The molecule has 0 saturated heterocycles. The number of nitrogens with zero attached hydrogens (tertiary/aromatic N) is 2. The summed E-state index contributed by atoms with van der Waals surface area (Å²) in [5, 5.41) is 20.5. The van der Waals surface area contributed by atoms with Gasteiger partial charge in [-0.1, -0.05) is 17.7 Å². The van der Waals surface area contributed by atoms with Crippen molar-refractivity contribution in [3.05, 3.63) is 65.4 Å². The van der Waals surface area contributed by atoms with Crippen molar-refractivity contribution in [1.82, 2.24) is 15.1 Å². The molecule has 3 N–H and O–H groups in total. The fraction of sp³-hybridized carbons (Fsp3) is 0.261. The van der Waals surface area contributed by atoms with Crippen molar-refractivity contribution in [2.45, 2.75) is 32.6 Å². The van der Waals surface area contributed by atoms with Crippen molar-refractivity contribution in [2.24, 2.45) is 0 Å². The van der Waals surface area contributed by atoms with E-state index in [1.165, 1.54) is 10.7 Å². The van der Waals surface area contributed by atoms with Crippen molar-refractivity contribution in [3.8, 4) is 17.0 Å². The summed E-state index contributed by atoms with van der Waals surface area (Å²) in [5.74, 6) is 0.102. The lowest BCUT2D eigenvalue weighted by Crippen LogP contribution is -2.30. The zero-order valence-electron chi connectivity index (χ0n) is 17.0. The summed E-state index contributed by atoms with van der Waals surface area (Å²) < 4.78 is 1.38. The second kappa shape index (κ2) is 8.02. The summed E-state index contributed by atoms with van der Waals surface area (Å²) in [6.07, 6.45) is 2.03. The minimum atomic E-state index is -0.283. The topological polar surface area (TPSA) is 96.3 Å². The van der Waals surface area contributed by atoms with Crippen LogP contribution < -0.4 is 10.6 Å². The fourth-order valence-electron chi connectivity index (χ4n) is 3.31. The number of hydrogen-bond donors (Lipinski definition) is 3. The monoisotopic (exact) mass is 404 g/mol. The van der Waals surface area contributed by atoms with E-state index < -0.39 is 0 Å². The Morgan fingerprint density at radius 1 is 1.13 bits per heavy atom. The Morgan fingerprint density at radius 2 is 1.87 bits per heavy atom. The number of aromatic hydroxyl groups is 1. The van der Waals surface area contributed by atoms with Gasteiger partial charge in [0.15, 0.2) is 0 Å². The molecular weight excluding hydrogens is 380 g/mol. The summed E-state index contributed by atoms with van der Waals surface area (Å²) in [4.78, 5) is 24.9. The van der Waals surface area contributed by atoms with Gasteiger partial charge in [0.25, 0.3) is 5.91 Å². The molecule has 0 unspecified atom stereocenters. The molecule has 0 spiro atoms. The van der Waals surface area contributed by atoms with Gasteiger partial charge in [-0.3, -0.25) is 4.79 Å². The van der Waals surface area contributed by atoms with Crippen LogP contribution in [-0.4, -0.2) is 33.4 Å². The molecule has 0 bridgehead atoms. The molecule has 1 aromatic heterocycles. The van der Waals surface area contributed by atoms with Gasteiger partial charge in [-0.05, 0) is 63.1 Å². The fourth-order valence-corrected chi connectivity index (χ4v) is 3.31. The maximum Gasteiger partial charge on any atom is 0.342 e. The first-order chi connectivity index (χ1) is 14.5. The Bertz CT molecular complexity index is 1100. The zero-order chi connectivity index (χ0) is 21.3. The van der Waals surface area contributed by atoms with E-state index in [1.807, 2.05) is 32.0 Å². The lowest BCUT2D eigenvalue weighted by atomic mass is 10.1. The number of aromatic nitrogens is 2. The van der Waals surface area contributed by atoms with Crippen LogP contribution in [0, 0.1) is 6.92 Å². The van der Waals surface area contributed by atoms with Crippen LogP contribution in [0.2, 0.25) is 0 Å². The number of benzene rings is 2. The van der Waals surface area contributed by atoms with Gasteiger partial charge in [0.05, 0.1) is 11.4 Å². The van der Waals surface area contributed by atoms with Gasteiger partial charge in [-0.2, -0.15) is 9.78 Å². The predicted molar refractivity (Wildman–Crippen MR) is 115 cm³/mol. The largest absolute Gasteiger partial charge is 0.507 e. The van der Waals surface area contributed by atoms with Crippen molar-refractivity contribution in [2.75, 3.05) is 11.9 Å². The molecule has 1 aliphatic carbocycles. The zero-order valence-corrected chi connectivity index (χ0v) is 17.0. The van der Waals surface area contributed by atoms with E-state index in [4.69, 9.17) is 0 Å². The first kappa shape index (κ1) is 19.7. The van der Waals surface area contributed by atoms with Crippen LogP contribution in [0.1, 0.15) is 47.3 Å². The SMILES string of the molecule is CCNC(=O)n1nc(-c2cc(NC(=O)c3ccc(C)cc3)ccc2O)cc1C1CC1. The molecule has 1 aliphatic rings. The number of nitrogens with one attached hydrogen (secondary N) is 2. The third-order valence-electron chi connectivity index (χ3n) is 5.10. The number of hydrogen-bond acceptors (Lipinski definition) is 4. The summed E-state index contributed by atoms with van der Waals surface area (Å²) >= 11 is 0. The number of carbonyl (C=O) groups is 2. The van der Waals surface area contributed by atoms with Crippen molar-refractivity contribution < 1.29 is 14.7 Å². The first-order valence-corrected chi connectivity index (χ1v) is 10.1. The highest BCUT2D eigenvalue weighted by Gasteiger charge is 2.30. The quantitative estimate of drug-likeness (QED) is 0.553. The molecule has 154 valence electrons. The molecule has 0 aliphatic heterocycles. The lowest BCUT2D eigenvalue weighted by Gasteiger charge is -2.08. The van der Waals surface area contributed by atoms with E-state index in [1.54, 1.807) is 24.3 Å². The number of anilines is 1. The summed E-state index contributed by atoms with van der Waals surface area (Å²) in [7, 11) is 0. The van der Waals surface area contributed by atoms with Gasteiger partial charge in [-0.25, -0.2) is 4.79 Å². The van der Waals surface area contributed by atoms with Gasteiger partial charge in [-0.15, -0.1) is 0 Å². The molecule has 7 nitrogen and oxygen atoms in total. The highest BCUT2D eigenvalue weighted by Crippen LogP contribution is 2.42. The number of carbonyl (C=O) groups excluding carboxylic acids is 2. The maximum atomic E-state index is 12.5. The number of phenolic OH excluding ortho intramolecular Hbond substituents is 1. The van der Waals surface area contributed by atoms with E-state index >= 15 is 0 Å². The van der Waals surface area contributed by atoms with Gasteiger partial charge in [0.2, 0.25) is 0 Å². The normalized spacial score (nSPS) is 13.1. The standard InChI is InChI=1S/C23H24N4O3/c1-3-24-23(30)27-20(15-8-9-15)13-19(26-27)18-12-17(10-11-21(18)28)25-22(29)16-6-4-14(2)5-7-16/h4-7,10-13,15,28H,3,8-9H2,1-2H3,(H,24,30)(H,25,29). The molecule has 0 radical (unpaired) electrons. The second-order valence-corrected chi connectivity index (χ2v) is 7.53. The molecule has 1 heterocycles. The highest BCUT2D eigenvalue weighted by atomic mass is 16.3. The van der Waals surface area contributed by atoms with Crippen LogP contribution >= 0.6 is 0 Å². The number of amides is 2. The Balaban J connectivity index is 1.63. The van der Waals surface area contributed by atoms with E-state index in [9.17, 15) is 14.7 Å². The second-order valence-electron chi connectivity index (χ2n) is 7.53. The highest BCUT2D eigenvalue weighted by molar-refractivity contribution is 6.04.